The molecule has 0 saturated heterocycles. The third kappa shape index (κ3) is 3.56. The summed E-state index contributed by atoms with van der Waals surface area (Å²) in [5.74, 6) is 0.125. The number of rotatable bonds is 4. The Bertz CT molecular complexity index is 199. The first-order valence-electron chi connectivity index (χ1n) is 3.53. The highest BCUT2D eigenvalue weighted by molar-refractivity contribution is 5.72. The van der Waals surface area contributed by atoms with Crippen molar-refractivity contribution in [2.24, 2.45) is 5.92 Å². The fraction of sp³-hybridized carbons (Fsp3) is 0.300. The van der Waals surface area contributed by atoms with Gasteiger partial charge in [-0.25, -0.2) is 0 Å². The van der Waals surface area contributed by atoms with Gasteiger partial charge in [0, 0.05) is 5.92 Å². The second kappa shape index (κ2) is 4.67. The van der Waals surface area contributed by atoms with Crippen LogP contribution in [0.25, 0.3) is 0 Å². The lowest BCUT2D eigenvalue weighted by Gasteiger charge is -2.05. The number of aldehydes is 1. The Morgan fingerprint density at radius 2 is 2.00 bits per heavy atom. The second-order valence-electron chi connectivity index (χ2n) is 2.64. The molecule has 0 aromatic heterocycles. The largest absolute Gasteiger partial charge is 0.298 e. The maximum atomic E-state index is 10.2. The fourth-order valence-corrected chi connectivity index (χ4v) is 0.734. The molecule has 0 fully saturated rings. The number of allylic oxidation sites excluding steroid dienone is 4. The average molecular weight is 150 g/mol. The van der Waals surface area contributed by atoms with Gasteiger partial charge in [-0.05, 0) is 19.4 Å². The first kappa shape index (κ1) is 9.89. The van der Waals surface area contributed by atoms with E-state index in [2.05, 4.69) is 13.2 Å². The zero-order chi connectivity index (χ0) is 8.85. The molecule has 0 spiro atoms. The standard InChI is InChI=1S/C10H14O/c1-5-10(8(2)3)6-9(4)7-11/h5-7,10H,1-2H2,3-4H3/b9-6+/t10-/m1/s1. The predicted octanol–water partition coefficient (Wildman–Crippen LogP) is 2.51. The molecule has 60 valence electrons. The van der Waals surface area contributed by atoms with Crippen molar-refractivity contribution >= 4 is 6.29 Å². The maximum absolute atomic E-state index is 10.2. The maximum Gasteiger partial charge on any atom is 0.145 e. The predicted molar refractivity (Wildman–Crippen MR) is 48.3 cm³/mol. The van der Waals surface area contributed by atoms with Crippen molar-refractivity contribution in [2.45, 2.75) is 13.8 Å². The molecule has 0 heterocycles. The summed E-state index contributed by atoms with van der Waals surface area (Å²) in [7, 11) is 0. The SMILES string of the molecule is C=C[C@H](/C=C(\C)C=O)C(=C)C. The first-order chi connectivity index (χ1) is 5.11. The lowest BCUT2D eigenvalue weighted by atomic mass is 10.00. The molecule has 0 aliphatic rings. The Morgan fingerprint density at radius 3 is 2.27 bits per heavy atom. The smallest absolute Gasteiger partial charge is 0.145 e. The molecule has 0 saturated carbocycles. The fourth-order valence-electron chi connectivity index (χ4n) is 0.734. The van der Waals surface area contributed by atoms with Crippen LogP contribution in [0.15, 0.2) is 36.5 Å². The van der Waals surface area contributed by atoms with Crippen LogP contribution in [0.5, 0.6) is 0 Å². The minimum atomic E-state index is 0.125. The van der Waals surface area contributed by atoms with E-state index >= 15 is 0 Å². The molecule has 0 aromatic rings. The van der Waals surface area contributed by atoms with Crippen LogP contribution in [0.2, 0.25) is 0 Å². The van der Waals surface area contributed by atoms with Gasteiger partial charge in [-0.2, -0.15) is 0 Å². The van der Waals surface area contributed by atoms with E-state index in [0.717, 1.165) is 17.4 Å². The molecule has 0 unspecified atom stereocenters. The van der Waals surface area contributed by atoms with E-state index in [0.29, 0.717) is 0 Å². The quantitative estimate of drug-likeness (QED) is 0.342. The Morgan fingerprint density at radius 1 is 1.45 bits per heavy atom. The van der Waals surface area contributed by atoms with E-state index in [1.165, 1.54) is 0 Å². The highest BCUT2D eigenvalue weighted by atomic mass is 16.1. The van der Waals surface area contributed by atoms with E-state index in [1.54, 1.807) is 13.0 Å². The van der Waals surface area contributed by atoms with Gasteiger partial charge >= 0.3 is 0 Å². The molecule has 0 aliphatic heterocycles. The van der Waals surface area contributed by atoms with Crippen LogP contribution < -0.4 is 0 Å². The van der Waals surface area contributed by atoms with Crippen LogP contribution in [0.1, 0.15) is 13.8 Å². The van der Waals surface area contributed by atoms with Gasteiger partial charge in [-0.1, -0.05) is 24.3 Å². The van der Waals surface area contributed by atoms with Crippen molar-refractivity contribution < 1.29 is 4.79 Å². The average Bonchev–Trinajstić information content (AvgIpc) is 1.99. The molecule has 11 heavy (non-hydrogen) atoms. The monoisotopic (exact) mass is 150 g/mol. The van der Waals surface area contributed by atoms with Gasteiger partial charge in [0.2, 0.25) is 0 Å². The van der Waals surface area contributed by atoms with Crippen LogP contribution in [0, 0.1) is 5.92 Å². The Kier molecular flexibility index (Phi) is 4.20. The third-order valence-electron chi connectivity index (χ3n) is 1.45. The summed E-state index contributed by atoms with van der Waals surface area (Å²) in [6.07, 6.45) is 4.46. The molecule has 0 aliphatic carbocycles. The molecule has 0 bridgehead atoms. The van der Waals surface area contributed by atoms with Crippen LogP contribution in [-0.2, 0) is 4.79 Å². The van der Waals surface area contributed by atoms with E-state index in [-0.39, 0.29) is 5.92 Å². The summed E-state index contributed by atoms with van der Waals surface area (Å²) >= 11 is 0. The van der Waals surface area contributed by atoms with Crippen molar-refractivity contribution in [1.82, 2.24) is 0 Å². The summed E-state index contributed by atoms with van der Waals surface area (Å²) in [5, 5.41) is 0. The van der Waals surface area contributed by atoms with Gasteiger partial charge in [0.25, 0.3) is 0 Å². The van der Waals surface area contributed by atoms with Crippen LogP contribution >= 0.6 is 0 Å². The van der Waals surface area contributed by atoms with Crippen molar-refractivity contribution in [3.05, 3.63) is 36.5 Å². The van der Waals surface area contributed by atoms with Gasteiger partial charge in [0.05, 0.1) is 0 Å². The number of carbonyl (C=O) groups excluding carboxylic acids is 1. The third-order valence-corrected chi connectivity index (χ3v) is 1.45. The Hall–Kier alpha value is -1.11. The van der Waals surface area contributed by atoms with Gasteiger partial charge in [0.15, 0.2) is 0 Å². The van der Waals surface area contributed by atoms with E-state index in [4.69, 9.17) is 0 Å². The zero-order valence-electron chi connectivity index (χ0n) is 7.13. The second-order valence-corrected chi connectivity index (χ2v) is 2.64. The molecule has 1 heteroatoms. The summed E-state index contributed by atoms with van der Waals surface area (Å²) in [6.45, 7) is 11.1. The molecular formula is C10H14O. The van der Waals surface area contributed by atoms with E-state index < -0.39 is 0 Å². The van der Waals surface area contributed by atoms with Crippen LogP contribution in [0.4, 0.5) is 0 Å². The molecule has 0 N–H and O–H groups in total. The molecule has 0 amide bonds. The van der Waals surface area contributed by atoms with Gasteiger partial charge in [0.1, 0.15) is 6.29 Å². The molecule has 1 atom stereocenters. The molecule has 0 rings (SSSR count). The molecular weight excluding hydrogens is 136 g/mol. The van der Waals surface area contributed by atoms with Crippen LogP contribution in [-0.4, -0.2) is 6.29 Å². The van der Waals surface area contributed by atoms with Gasteiger partial charge in [-0.3, -0.25) is 4.79 Å². The Balaban J connectivity index is 4.41. The molecule has 0 aromatic carbocycles. The van der Waals surface area contributed by atoms with E-state index in [1.807, 2.05) is 13.0 Å². The number of carbonyl (C=O) groups is 1. The summed E-state index contributed by atoms with van der Waals surface area (Å²) in [5.41, 5.74) is 1.72. The number of hydrogen-bond donors (Lipinski definition) is 0. The molecule has 1 nitrogen and oxygen atoms in total. The lowest BCUT2D eigenvalue weighted by molar-refractivity contribution is -0.104. The minimum absolute atomic E-state index is 0.125. The zero-order valence-corrected chi connectivity index (χ0v) is 7.13. The Labute approximate surface area is 68.1 Å². The topological polar surface area (TPSA) is 17.1 Å². The van der Waals surface area contributed by atoms with Crippen molar-refractivity contribution in [2.75, 3.05) is 0 Å². The number of hydrogen-bond acceptors (Lipinski definition) is 1. The molecule has 0 radical (unpaired) electrons. The van der Waals surface area contributed by atoms with Crippen molar-refractivity contribution in [3.63, 3.8) is 0 Å². The lowest BCUT2D eigenvalue weighted by Crippen LogP contribution is -1.93. The summed E-state index contributed by atoms with van der Waals surface area (Å²) < 4.78 is 0. The summed E-state index contributed by atoms with van der Waals surface area (Å²) in [4.78, 5) is 10.2. The highest BCUT2D eigenvalue weighted by Crippen LogP contribution is 2.12. The normalized spacial score (nSPS) is 13.8. The van der Waals surface area contributed by atoms with Crippen molar-refractivity contribution in [1.29, 1.82) is 0 Å². The first-order valence-corrected chi connectivity index (χ1v) is 3.53. The van der Waals surface area contributed by atoms with E-state index in [9.17, 15) is 4.79 Å². The van der Waals surface area contributed by atoms with Gasteiger partial charge in [-0.15, -0.1) is 6.58 Å². The van der Waals surface area contributed by atoms with Gasteiger partial charge < -0.3 is 0 Å². The summed E-state index contributed by atoms with van der Waals surface area (Å²) in [6, 6.07) is 0. The van der Waals surface area contributed by atoms with Crippen molar-refractivity contribution in [3.8, 4) is 0 Å². The minimum Gasteiger partial charge on any atom is -0.298 e. The highest BCUT2D eigenvalue weighted by Gasteiger charge is 1.99. The van der Waals surface area contributed by atoms with Crippen LogP contribution in [0.3, 0.4) is 0 Å².